The van der Waals surface area contributed by atoms with Crippen molar-refractivity contribution in [1.29, 1.82) is 0 Å². The summed E-state index contributed by atoms with van der Waals surface area (Å²) in [6, 6.07) is 0. The number of primary amides is 1. The first-order valence-corrected chi connectivity index (χ1v) is 7.39. The summed E-state index contributed by atoms with van der Waals surface area (Å²) in [6.45, 7) is 4.88. The fraction of sp³-hybridized carbons (Fsp3) is 0.857. The van der Waals surface area contributed by atoms with E-state index < -0.39 is 5.60 Å². The van der Waals surface area contributed by atoms with Gasteiger partial charge in [-0.1, -0.05) is 0 Å². The van der Waals surface area contributed by atoms with Crippen molar-refractivity contribution in [3.05, 3.63) is 0 Å². The van der Waals surface area contributed by atoms with Crippen LogP contribution in [0.5, 0.6) is 0 Å². The van der Waals surface area contributed by atoms with Crippen molar-refractivity contribution in [2.24, 2.45) is 11.7 Å². The van der Waals surface area contributed by atoms with Crippen LogP contribution in [0.1, 0.15) is 32.6 Å². The molecular formula is C14H25N3O3. The van der Waals surface area contributed by atoms with Gasteiger partial charge in [-0.25, -0.2) is 0 Å². The number of carbonyl (C=O) groups is 2. The SMILES string of the molecule is CC1(O)CCN(CC(=O)N2CCCC(C(N)=O)C2)CC1. The van der Waals surface area contributed by atoms with E-state index in [-0.39, 0.29) is 17.7 Å². The predicted octanol–water partition coefficient (Wildman–Crippen LogP) is -0.443. The van der Waals surface area contributed by atoms with Gasteiger partial charge in [0.2, 0.25) is 11.8 Å². The predicted molar refractivity (Wildman–Crippen MR) is 74.8 cm³/mol. The lowest BCUT2D eigenvalue weighted by atomic mass is 9.94. The average molecular weight is 283 g/mol. The van der Waals surface area contributed by atoms with Crippen LogP contribution in [0.2, 0.25) is 0 Å². The third-order valence-corrected chi connectivity index (χ3v) is 4.47. The van der Waals surface area contributed by atoms with Gasteiger partial charge >= 0.3 is 0 Å². The summed E-state index contributed by atoms with van der Waals surface area (Å²) in [4.78, 5) is 27.3. The van der Waals surface area contributed by atoms with Crippen molar-refractivity contribution in [2.75, 3.05) is 32.7 Å². The first-order chi connectivity index (χ1) is 9.37. The molecule has 0 aromatic carbocycles. The lowest BCUT2D eigenvalue weighted by molar-refractivity contribution is -0.137. The molecule has 2 fully saturated rings. The third kappa shape index (κ3) is 3.93. The van der Waals surface area contributed by atoms with E-state index in [1.165, 1.54) is 0 Å². The highest BCUT2D eigenvalue weighted by Crippen LogP contribution is 2.21. The molecule has 6 heteroatoms. The van der Waals surface area contributed by atoms with Crippen LogP contribution < -0.4 is 5.73 Å². The summed E-state index contributed by atoms with van der Waals surface area (Å²) >= 11 is 0. The second kappa shape index (κ2) is 6.10. The van der Waals surface area contributed by atoms with Crippen molar-refractivity contribution in [3.63, 3.8) is 0 Å². The van der Waals surface area contributed by atoms with E-state index >= 15 is 0 Å². The van der Waals surface area contributed by atoms with Gasteiger partial charge < -0.3 is 15.7 Å². The molecule has 2 amide bonds. The second-order valence-electron chi connectivity index (χ2n) is 6.35. The van der Waals surface area contributed by atoms with Gasteiger partial charge in [0.25, 0.3) is 0 Å². The zero-order valence-corrected chi connectivity index (χ0v) is 12.2. The van der Waals surface area contributed by atoms with E-state index in [4.69, 9.17) is 5.73 Å². The molecule has 0 saturated carbocycles. The number of likely N-dealkylation sites (tertiary alicyclic amines) is 2. The zero-order chi connectivity index (χ0) is 14.8. The van der Waals surface area contributed by atoms with Crippen LogP contribution in [0, 0.1) is 5.92 Å². The van der Waals surface area contributed by atoms with Crippen LogP contribution in [-0.2, 0) is 9.59 Å². The quantitative estimate of drug-likeness (QED) is 0.735. The molecule has 2 aliphatic heterocycles. The summed E-state index contributed by atoms with van der Waals surface area (Å²) in [5.41, 5.74) is 4.73. The number of nitrogens with two attached hydrogens (primary N) is 1. The van der Waals surface area contributed by atoms with Gasteiger partial charge in [-0.2, -0.15) is 0 Å². The van der Waals surface area contributed by atoms with Crippen LogP contribution in [0.3, 0.4) is 0 Å². The first kappa shape index (κ1) is 15.3. The van der Waals surface area contributed by atoms with E-state index in [0.717, 1.165) is 25.9 Å². The maximum Gasteiger partial charge on any atom is 0.236 e. The molecule has 6 nitrogen and oxygen atoms in total. The highest BCUT2D eigenvalue weighted by atomic mass is 16.3. The zero-order valence-electron chi connectivity index (χ0n) is 12.2. The van der Waals surface area contributed by atoms with Gasteiger partial charge in [0.1, 0.15) is 0 Å². The fourth-order valence-corrected chi connectivity index (χ4v) is 2.92. The van der Waals surface area contributed by atoms with Crippen LogP contribution >= 0.6 is 0 Å². The van der Waals surface area contributed by atoms with Crippen molar-refractivity contribution in [2.45, 2.75) is 38.2 Å². The Hall–Kier alpha value is -1.14. The summed E-state index contributed by atoms with van der Waals surface area (Å²) in [7, 11) is 0. The summed E-state index contributed by atoms with van der Waals surface area (Å²) in [6.07, 6.45) is 3.02. The van der Waals surface area contributed by atoms with Crippen LogP contribution in [0.25, 0.3) is 0 Å². The number of piperidine rings is 2. The second-order valence-corrected chi connectivity index (χ2v) is 6.35. The number of nitrogens with zero attached hydrogens (tertiary/aromatic N) is 2. The van der Waals surface area contributed by atoms with Crippen molar-refractivity contribution >= 4 is 11.8 Å². The number of amides is 2. The normalized spacial score (nSPS) is 27.3. The molecule has 0 aliphatic carbocycles. The molecule has 2 aliphatic rings. The summed E-state index contributed by atoms with van der Waals surface area (Å²) in [5, 5.41) is 9.90. The fourth-order valence-electron chi connectivity index (χ4n) is 2.92. The smallest absolute Gasteiger partial charge is 0.236 e. The Morgan fingerprint density at radius 2 is 1.95 bits per heavy atom. The first-order valence-electron chi connectivity index (χ1n) is 7.39. The monoisotopic (exact) mass is 283 g/mol. The van der Waals surface area contributed by atoms with Crippen molar-refractivity contribution < 1.29 is 14.7 Å². The Labute approximate surface area is 119 Å². The Morgan fingerprint density at radius 3 is 2.55 bits per heavy atom. The van der Waals surface area contributed by atoms with Crippen LogP contribution in [-0.4, -0.2) is 65.0 Å². The molecule has 1 unspecified atom stereocenters. The minimum absolute atomic E-state index is 0.0671. The van der Waals surface area contributed by atoms with Gasteiger partial charge in [-0.3, -0.25) is 14.5 Å². The third-order valence-electron chi connectivity index (χ3n) is 4.47. The van der Waals surface area contributed by atoms with Crippen molar-refractivity contribution in [1.82, 2.24) is 9.80 Å². The molecular weight excluding hydrogens is 258 g/mol. The molecule has 3 N–H and O–H groups in total. The lowest BCUT2D eigenvalue weighted by Gasteiger charge is -2.37. The number of hydrogen-bond acceptors (Lipinski definition) is 4. The maximum absolute atomic E-state index is 12.3. The Balaban J connectivity index is 1.81. The van der Waals surface area contributed by atoms with Gasteiger partial charge in [0, 0.05) is 26.2 Å². The number of hydrogen-bond donors (Lipinski definition) is 2. The van der Waals surface area contributed by atoms with E-state index in [0.29, 0.717) is 32.5 Å². The number of rotatable bonds is 3. The highest BCUT2D eigenvalue weighted by Gasteiger charge is 2.31. The van der Waals surface area contributed by atoms with E-state index in [1.54, 1.807) is 4.90 Å². The summed E-state index contributed by atoms with van der Waals surface area (Å²) in [5.74, 6) is -0.441. The molecule has 0 spiro atoms. The Bertz CT molecular complexity index is 374. The standard InChI is InChI=1S/C14H25N3O3/c1-14(20)4-7-16(8-5-14)10-12(18)17-6-2-3-11(9-17)13(15)19/h11,20H,2-10H2,1H3,(H2,15,19). The van der Waals surface area contributed by atoms with E-state index in [2.05, 4.69) is 4.90 Å². The molecule has 20 heavy (non-hydrogen) atoms. The summed E-state index contributed by atoms with van der Waals surface area (Å²) < 4.78 is 0. The minimum Gasteiger partial charge on any atom is -0.390 e. The molecule has 2 heterocycles. The maximum atomic E-state index is 12.3. The minimum atomic E-state index is -0.596. The molecule has 0 aromatic rings. The van der Waals surface area contributed by atoms with Gasteiger partial charge in [-0.05, 0) is 32.6 Å². The molecule has 2 saturated heterocycles. The van der Waals surface area contributed by atoms with E-state index in [1.807, 2.05) is 6.92 Å². The van der Waals surface area contributed by atoms with Gasteiger partial charge in [0.05, 0.1) is 18.1 Å². The molecule has 0 radical (unpaired) electrons. The topological polar surface area (TPSA) is 86.9 Å². The molecule has 1 atom stereocenters. The van der Waals surface area contributed by atoms with Crippen LogP contribution in [0.15, 0.2) is 0 Å². The van der Waals surface area contributed by atoms with Gasteiger partial charge in [-0.15, -0.1) is 0 Å². The lowest BCUT2D eigenvalue weighted by Crippen LogP contribution is -2.50. The molecule has 2 rings (SSSR count). The molecule has 0 bridgehead atoms. The molecule has 114 valence electrons. The van der Waals surface area contributed by atoms with E-state index in [9.17, 15) is 14.7 Å². The number of carbonyl (C=O) groups excluding carboxylic acids is 2. The largest absolute Gasteiger partial charge is 0.390 e. The Kier molecular flexibility index (Phi) is 4.65. The number of aliphatic hydroxyl groups is 1. The Morgan fingerprint density at radius 1 is 1.30 bits per heavy atom. The average Bonchev–Trinajstić information content (AvgIpc) is 2.41. The van der Waals surface area contributed by atoms with Crippen LogP contribution in [0.4, 0.5) is 0 Å². The highest BCUT2D eigenvalue weighted by molar-refractivity contribution is 5.81. The van der Waals surface area contributed by atoms with Crippen molar-refractivity contribution in [3.8, 4) is 0 Å². The molecule has 0 aromatic heterocycles. The van der Waals surface area contributed by atoms with Gasteiger partial charge in [0.15, 0.2) is 0 Å².